The Bertz CT molecular complexity index is 293. The third kappa shape index (κ3) is 1.91. The van der Waals surface area contributed by atoms with Crippen molar-refractivity contribution in [3.05, 3.63) is 24.3 Å². The van der Waals surface area contributed by atoms with E-state index in [9.17, 15) is 0 Å². The summed E-state index contributed by atoms with van der Waals surface area (Å²) in [5, 5.41) is 17.8. The first-order valence-corrected chi connectivity index (χ1v) is 4.98. The monoisotopic (exact) mass is 191 g/mol. The number of nitrogens with zero attached hydrogens (tertiary/aromatic N) is 1. The van der Waals surface area contributed by atoms with Gasteiger partial charge in [-0.25, -0.2) is 0 Å². The van der Waals surface area contributed by atoms with E-state index >= 15 is 0 Å². The molecule has 1 saturated heterocycles. The van der Waals surface area contributed by atoms with Crippen molar-refractivity contribution >= 4 is 18.3 Å². The first-order valence-electron chi connectivity index (χ1n) is 4.98. The van der Waals surface area contributed by atoms with E-state index in [1.54, 1.807) is 12.1 Å². The molecule has 1 aromatic rings. The van der Waals surface area contributed by atoms with Crippen LogP contribution in [0.2, 0.25) is 0 Å². The molecule has 0 aromatic heterocycles. The molecule has 0 unspecified atom stereocenters. The summed E-state index contributed by atoms with van der Waals surface area (Å²) in [6, 6.07) is 7.41. The lowest BCUT2D eigenvalue weighted by atomic mass is 9.80. The van der Waals surface area contributed by atoms with Crippen LogP contribution in [0, 0.1) is 0 Å². The molecule has 2 N–H and O–H groups in total. The van der Waals surface area contributed by atoms with E-state index in [0.29, 0.717) is 5.46 Å². The van der Waals surface area contributed by atoms with Gasteiger partial charge in [0, 0.05) is 18.8 Å². The van der Waals surface area contributed by atoms with Crippen LogP contribution in [0.4, 0.5) is 5.69 Å². The van der Waals surface area contributed by atoms with Crippen molar-refractivity contribution in [1.29, 1.82) is 0 Å². The van der Waals surface area contributed by atoms with Gasteiger partial charge in [0.05, 0.1) is 0 Å². The Balaban J connectivity index is 2.12. The molecule has 2 rings (SSSR count). The minimum atomic E-state index is -1.36. The van der Waals surface area contributed by atoms with E-state index in [1.807, 2.05) is 12.1 Å². The quantitative estimate of drug-likeness (QED) is 0.645. The summed E-state index contributed by atoms with van der Waals surface area (Å²) in [5.74, 6) is 0. The Kier molecular flexibility index (Phi) is 2.75. The zero-order valence-electron chi connectivity index (χ0n) is 8.06. The van der Waals surface area contributed by atoms with Gasteiger partial charge in [-0.05, 0) is 30.4 Å². The Morgan fingerprint density at radius 1 is 1.00 bits per heavy atom. The number of benzene rings is 1. The molecule has 0 amide bonds. The predicted molar refractivity (Wildman–Crippen MR) is 57.7 cm³/mol. The molecule has 0 spiro atoms. The molecule has 4 heteroatoms. The molecule has 3 nitrogen and oxygen atoms in total. The number of hydrogen-bond acceptors (Lipinski definition) is 3. The molecule has 14 heavy (non-hydrogen) atoms. The Hall–Kier alpha value is -0.995. The molecule has 0 atom stereocenters. The van der Waals surface area contributed by atoms with Crippen LogP contribution < -0.4 is 10.4 Å². The van der Waals surface area contributed by atoms with Crippen molar-refractivity contribution in [2.75, 3.05) is 18.0 Å². The summed E-state index contributed by atoms with van der Waals surface area (Å²) in [4.78, 5) is 2.31. The van der Waals surface area contributed by atoms with Crippen LogP contribution in [0.15, 0.2) is 24.3 Å². The molecule has 1 aliphatic heterocycles. The average Bonchev–Trinajstić information content (AvgIpc) is 2.71. The largest absolute Gasteiger partial charge is 0.488 e. The minimum Gasteiger partial charge on any atom is -0.423 e. The molecule has 1 aliphatic rings. The maximum atomic E-state index is 8.92. The van der Waals surface area contributed by atoms with Crippen LogP contribution in [-0.2, 0) is 0 Å². The third-order valence-corrected chi connectivity index (χ3v) is 2.66. The van der Waals surface area contributed by atoms with Crippen LogP contribution in [0.1, 0.15) is 12.8 Å². The summed E-state index contributed by atoms with van der Waals surface area (Å²) < 4.78 is 0. The maximum Gasteiger partial charge on any atom is 0.488 e. The van der Waals surface area contributed by atoms with Gasteiger partial charge >= 0.3 is 7.12 Å². The van der Waals surface area contributed by atoms with Crippen molar-refractivity contribution in [2.45, 2.75) is 12.8 Å². The summed E-state index contributed by atoms with van der Waals surface area (Å²) in [5.41, 5.74) is 1.72. The summed E-state index contributed by atoms with van der Waals surface area (Å²) in [6.07, 6.45) is 2.51. The van der Waals surface area contributed by atoms with Crippen LogP contribution in [0.5, 0.6) is 0 Å². The van der Waals surface area contributed by atoms with Gasteiger partial charge in [-0.3, -0.25) is 0 Å². The SMILES string of the molecule is OB(O)c1ccc(N2CCCC2)cc1. The highest BCUT2D eigenvalue weighted by Crippen LogP contribution is 2.18. The van der Waals surface area contributed by atoms with E-state index in [4.69, 9.17) is 10.0 Å². The van der Waals surface area contributed by atoms with Gasteiger partial charge in [0.25, 0.3) is 0 Å². The van der Waals surface area contributed by atoms with Crippen molar-refractivity contribution in [3.8, 4) is 0 Å². The highest BCUT2D eigenvalue weighted by atomic mass is 16.4. The predicted octanol–water partition coefficient (Wildman–Crippen LogP) is -0.0334. The summed E-state index contributed by atoms with van der Waals surface area (Å²) >= 11 is 0. The molecule has 0 aliphatic carbocycles. The van der Waals surface area contributed by atoms with Gasteiger partial charge in [-0.15, -0.1) is 0 Å². The lowest BCUT2D eigenvalue weighted by molar-refractivity contribution is 0.426. The normalized spacial score (nSPS) is 16.0. The van der Waals surface area contributed by atoms with Gasteiger partial charge in [0.2, 0.25) is 0 Å². The first-order chi connectivity index (χ1) is 6.77. The molecular formula is C10H14BNO2. The molecule has 1 heterocycles. The van der Waals surface area contributed by atoms with Crippen LogP contribution in [0.3, 0.4) is 0 Å². The fourth-order valence-electron chi connectivity index (χ4n) is 1.83. The van der Waals surface area contributed by atoms with Crippen LogP contribution in [-0.4, -0.2) is 30.3 Å². The molecule has 1 fully saturated rings. The van der Waals surface area contributed by atoms with E-state index in [0.717, 1.165) is 13.1 Å². The molecular weight excluding hydrogens is 177 g/mol. The van der Waals surface area contributed by atoms with Gasteiger partial charge in [0.15, 0.2) is 0 Å². The molecule has 74 valence electrons. The molecule has 0 saturated carbocycles. The fraction of sp³-hybridized carbons (Fsp3) is 0.400. The van der Waals surface area contributed by atoms with E-state index in [1.165, 1.54) is 18.5 Å². The summed E-state index contributed by atoms with van der Waals surface area (Å²) in [7, 11) is -1.36. The smallest absolute Gasteiger partial charge is 0.423 e. The highest BCUT2D eigenvalue weighted by molar-refractivity contribution is 6.58. The number of anilines is 1. The molecule has 0 bridgehead atoms. The lowest BCUT2D eigenvalue weighted by Gasteiger charge is -2.17. The Labute approximate surface area is 84.1 Å². The van der Waals surface area contributed by atoms with Crippen molar-refractivity contribution in [1.82, 2.24) is 0 Å². The maximum absolute atomic E-state index is 8.92. The number of hydrogen-bond donors (Lipinski definition) is 2. The van der Waals surface area contributed by atoms with Gasteiger partial charge in [-0.2, -0.15) is 0 Å². The van der Waals surface area contributed by atoms with E-state index in [2.05, 4.69) is 4.90 Å². The second-order valence-corrected chi connectivity index (χ2v) is 3.66. The second kappa shape index (κ2) is 4.03. The van der Waals surface area contributed by atoms with Crippen molar-refractivity contribution in [3.63, 3.8) is 0 Å². The third-order valence-electron chi connectivity index (χ3n) is 2.66. The second-order valence-electron chi connectivity index (χ2n) is 3.66. The fourth-order valence-corrected chi connectivity index (χ4v) is 1.83. The first kappa shape index (κ1) is 9.56. The minimum absolute atomic E-state index is 0.549. The lowest BCUT2D eigenvalue weighted by Crippen LogP contribution is -2.29. The van der Waals surface area contributed by atoms with Crippen molar-refractivity contribution < 1.29 is 10.0 Å². The van der Waals surface area contributed by atoms with E-state index < -0.39 is 7.12 Å². The summed E-state index contributed by atoms with van der Waals surface area (Å²) in [6.45, 7) is 2.22. The topological polar surface area (TPSA) is 43.7 Å². The average molecular weight is 191 g/mol. The highest BCUT2D eigenvalue weighted by Gasteiger charge is 2.14. The standard InChI is InChI=1S/C10H14BNO2/c13-11(14)9-3-5-10(6-4-9)12-7-1-2-8-12/h3-6,13-14H,1-2,7-8H2. The van der Waals surface area contributed by atoms with E-state index in [-0.39, 0.29) is 0 Å². The molecule has 0 radical (unpaired) electrons. The van der Waals surface area contributed by atoms with Gasteiger partial charge in [-0.1, -0.05) is 12.1 Å². The number of rotatable bonds is 2. The Morgan fingerprint density at radius 2 is 1.57 bits per heavy atom. The van der Waals surface area contributed by atoms with Gasteiger partial charge in [0.1, 0.15) is 0 Å². The van der Waals surface area contributed by atoms with Gasteiger partial charge < -0.3 is 14.9 Å². The molecule has 1 aromatic carbocycles. The Morgan fingerprint density at radius 3 is 2.07 bits per heavy atom. The van der Waals surface area contributed by atoms with Crippen LogP contribution >= 0.6 is 0 Å². The van der Waals surface area contributed by atoms with Crippen molar-refractivity contribution in [2.24, 2.45) is 0 Å². The zero-order valence-corrected chi connectivity index (χ0v) is 8.06. The van der Waals surface area contributed by atoms with Crippen LogP contribution in [0.25, 0.3) is 0 Å². The zero-order chi connectivity index (χ0) is 9.97.